The Balaban J connectivity index is 2.07. The molecule has 0 bridgehead atoms. The van der Waals surface area contributed by atoms with Crippen LogP contribution in [0.5, 0.6) is 0 Å². The molecule has 4 N–H and O–H groups in total. The number of nitrogens with zero attached hydrogens (tertiary/aromatic N) is 5. The number of aromatic nitrogens is 3. The molecular weight excluding hydrogens is 242 g/mol. The van der Waals surface area contributed by atoms with Gasteiger partial charge in [0.05, 0.1) is 6.54 Å². The number of likely N-dealkylation sites (tertiary alicyclic amines) is 1. The van der Waals surface area contributed by atoms with Crippen molar-refractivity contribution in [3.05, 3.63) is 5.82 Å². The highest BCUT2D eigenvalue weighted by Crippen LogP contribution is 2.17. The summed E-state index contributed by atoms with van der Waals surface area (Å²) in [6, 6.07) is 0.223. The molecule has 1 saturated heterocycles. The summed E-state index contributed by atoms with van der Waals surface area (Å²) < 4.78 is 0. The molecule has 7 heteroatoms. The predicted molar refractivity (Wildman–Crippen MR) is 75.6 cm³/mol. The van der Waals surface area contributed by atoms with Gasteiger partial charge >= 0.3 is 0 Å². The normalized spacial score (nSPS) is 24.4. The van der Waals surface area contributed by atoms with Gasteiger partial charge < -0.3 is 16.4 Å². The second-order valence-electron chi connectivity index (χ2n) is 5.47. The van der Waals surface area contributed by atoms with E-state index in [9.17, 15) is 0 Å². The Hall–Kier alpha value is -1.47. The number of nitrogen functional groups attached to an aromatic ring is 1. The molecule has 1 aliphatic heterocycles. The summed E-state index contributed by atoms with van der Waals surface area (Å²) in [6.07, 6.45) is 1.11. The van der Waals surface area contributed by atoms with Crippen LogP contribution in [0.1, 0.15) is 19.2 Å². The Labute approximate surface area is 114 Å². The van der Waals surface area contributed by atoms with Crippen molar-refractivity contribution in [2.24, 2.45) is 11.7 Å². The standard InChI is InChI=1S/C12H23N7/c1-8-4-5-19(6-9(8)13)7-10-15-11(14)17-12(16-10)18(2)3/h8-9H,4-7,13H2,1-3H3,(H2,14,15,16,17). The van der Waals surface area contributed by atoms with Gasteiger partial charge in [0.25, 0.3) is 0 Å². The monoisotopic (exact) mass is 265 g/mol. The smallest absolute Gasteiger partial charge is 0.229 e. The average Bonchev–Trinajstić information content (AvgIpc) is 2.33. The Morgan fingerprint density at radius 1 is 1.32 bits per heavy atom. The van der Waals surface area contributed by atoms with Crippen LogP contribution in [0.25, 0.3) is 0 Å². The molecule has 1 fully saturated rings. The quantitative estimate of drug-likeness (QED) is 0.773. The highest BCUT2D eigenvalue weighted by atomic mass is 15.3. The summed E-state index contributed by atoms with van der Waals surface area (Å²) in [5.74, 6) is 2.15. The highest BCUT2D eigenvalue weighted by molar-refractivity contribution is 5.32. The molecule has 1 aromatic rings. The lowest BCUT2D eigenvalue weighted by atomic mass is 9.94. The van der Waals surface area contributed by atoms with E-state index in [1.807, 2.05) is 19.0 Å². The number of anilines is 2. The third kappa shape index (κ3) is 3.51. The topological polar surface area (TPSA) is 97.2 Å². The van der Waals surface area contributed by atoms with Crippen molar-refractivity contribution in [3.8, 4) is 0 Å². The molecule has 0 aliphatic carbocycles. The van der Waals surface area contributed by atoms with Gasteiger partial charge in [-0.25, -0.2) is 0 Å². The molecule has 0 radical (unpaired) electrons. The third-order valence-corrected chi connectivity index (χ3v) is 3.55. The molecule has 106 valence electrons. The fourth-order valence-electron chi connectivity index (χ4n) is 2.21. The predicted octanol–water partition coefficient (Wildman–Crippen LogP) is -0.311. The van der Waals surface area contributed by atoms with E-state index >= 15 is 0 Å². The minimum absolute atomic E-state index is 0.223. The van der Waals surface area contributed by atoms with Crippen LogP contribution < -0.4 is 16.4 Å². The SMILES string of the molecule is CC1CCN(Cc2nc(N)nc(N(C)C)n2)CC1N. The van der Waals surface area contributed by atoms with E-state index in [0.717, 1.165) is 19.5 Å². The summed E-state index contributed by atoms with van der Waals surface area (Å²) >= 11 is 0. The van der Waals surface area contributed by atoms with E-state index in [1.54, 1.807) is 0 Å². The maximum absolute atomic E-state index is 6.10. The second-order valence-corrected chi connectivity index (χ2v) is 5.47. The van der Waals surface area contributed by atoms with Crippen LogP contribution >= 0.6 is 0 Å². The van der Waals surface area contributed by atoms with Crippen molar-refractivity contribution in [1.29, 1.82) is 0 Å². The van der Waals surface area contributed by atoms with Crippen molar-refractivity contribution >= 4 is 11.9 Å². The molecule has 0 spiro atoms. The van der Waals surface area contributed by atoms with Gasteiger partial charge in [0.2, 0.25) is 11.9 Å². The highest BCUT2D eigenvalue weighted by Gasteiger charge is 2.23. The lowest BCUT2D eigenvalue weighted by Crippen LogP contribution is -2.47. The fourth-order valence-corrected chi connectivity index (χ4v) is 2.21. The molecule has 2 rings (SSSR count). The Morgan fingerprint density at radius 2 is 2.05 bits per heavy atom. The molecule has 0 amide bonds. The zero-order valence-electron chi connectivity index (χ0n) is 11.9. The van der Waals surface area contributed by atoms with E-state index in [1.165, 1.54) is 0 Å². The van der Waals surface area contributed by atoms with Crippen LogP contribution in [0.4, 0.5) is 11.9 Å². The molecule has 2 atom stereocenters. The van der Waals surface area contributed by atoms with Gasteiger partial charge in [-0.3, -0.25) is 4.90 Å². The number of hydrogen-bond donors (Lipinski definition) is 2. The molecule has 1 aliphatic rings. The van der Waals surface area contributed by atoms with Crippen LogP contribution in [-0.2, 0) is 6.54 Å². The van der Waals surface area contributed by atoms with Crippen molar-refractivity contribution in [2.45, 2.75) is 25.9 Å². The summed E-state index contributed by atoms with van der Waals surface area (Å²) in [7, 11) is 3.77. The van der Waals surface area contributed by atoms with Gasteiger partial charge in [-0.15, -0.1) is 0 Å². The molecule has 2 heterocycles. The zero-order chi connectivity index (χ0) is 14.0. The first kappa shape index (κ1) is 14.0. The minimum atomic E-state index is 0.223. The number of nitrogens with two attached hydrogens (primary N) is 2. The lowest BCUT2D eigenvalue weighted by molar-refractivity contribution is 0.159. The van der Waals surface area contributed by atoms with Crippen LogP contribution in [0, 0.1) is 5.92 Å². The van der Waals surface area contributed by atoms with Gasteiger partial charge in [0, 0.05) is 26.7 Å². The van der Waals surface area contributed by atoms with Crippen LogP contribution in [0.3, 0.4) is 0 Å². The average molecular weight is 265 g/mol. The van der Waals surface area contributed by atoms with Crippen molar-refractivity contribution in [3.63, 3.8) is 0 Å². The fraction of sp³-hybridized carbons (Fsp3) is 0.750. The minimum Gasteiger partial charge on any atom is -0.368 e. The van der Waals surface area contributed by atoms with Crippen LogP contribution in [0.15, 0.2) is 0 Å². The Bertz CT molecular complexity index is 434. The number of rotatable bonds is 3. The van der Waals surface area contributed by atoms with E-state index < -0.39 is 0 Å². The molecule has 0 aromatic carbocycles. The van der Waals surface area contributed by atoms with Crippen molar-refractivity contribution in [1.82, 2.24) is 19.9 Å². The van der Waals surface area contributed by atoms with E-state index in [0.29, 0.717) is 24.2 Å². The van der Waals surface area contributed by atoms with Gasteiger partial charge in [0.15, 0.2) is 0 Å². The van der Waals surface area contributed by atoms with E-state index in [4.69, 9.17) is 11.5 Å². The van der Waals surface area contributed by atoms with Crippen molar-refractivity contribution < 1.29 is 0 Å². The maximum Gasteiger partial charge on any atom is 0.229 e. The third-order valence-electron chi connectivity index (χ3n) is 3.55. The Kier molecular flexibility index (Phi) is 4.16. The summed E-state index contributed by atoms with van der Waals surface area (Å²) in [4.78, 5) is 16.8. The van der Waals surface area contributed by atoms with Gasteiger partial charge in [0.1, 0.15) is 5.82 Å². The number of hydrogen-bond acceptors (Lipinski definition) is 7. The first-order chi connectivity index (χ1) is 8.95. The van der Waals surface area contributed by atoms with Crippen LogP contribution in [-0.4, -0.2) is 53.1 Å². The molecule has 2 unspecified atom stereocenters. The number of piperidine rings is 1. The Morgan fingerprint density at radius 3 is 2.68 bits per heavy atom. The molecular formula is C12H23N7. The van der Waals surface area contributed by atoms with E-state index in [-0.39, 0.29) is 12.0 Å². The maximum atomic E-state index is 6.10. The van der Waals surface area contributed by atoms with E-state index in [2.05, 4.69) is 26.8 Å². The van der Waals surface area contributed by atoms with Gasteiger partial charge in [-0.05, 0) is 18.9 Å². The first-order valence-corrected chi connectivity index (χ1v) is 6.61. The lowest BCUT2D eigenvalue weighted by Gasteiger charge is -2.34. The van der Waals surface area contributed by atoms with Crippen LogP contribution in [0.2, 0.25) is 0 Å². The summed E-state index contributed by atoms with van der Waals surface area (Å²) in [5, 5.41) is 0. The first-order valence-electron chi connectivity index (χ1n) is 6.61. The zero-order valence-corrected chi connectivity index (χ0v) is 11.9. The second kappa shape index (κ2) is 5.66. The summed E-state index contributed by atoms with van der Waals surface area (Å²) in [6.45, 7) is 4.78. The molecule has 7 nitrogen and oxygen atoms in total. The molecule has 19 heavy (non-hydrogen) atoms. The summed E-state index contributed by atoms with van der Waals surface area (Å²) in [5.41, 5.74) is 11.8. The van der Waals surface area contributed by atoms with Gasteiger partial charge in [-0.1, -0.05) is 6.92 Å². The molecule has 1 aromatic heterocycles. The van der Waals surface area contributed by atoms with Gasteiger partial charge in [-0.2, -0.15) is 15.0 Å². The van der Waals surface area contributed by atoms with Crippen molar-refractivity contribution in [2.75, 3.05) is 37.8 Å². The molecule has 0 saturated carbocycles. The largest absolute Gasteiger partial charge is 0.368 e.